The minimum absolute atomic E-state index is 0.0648. The molecule has 0 bridgehead atoms. The van der Waals surface area contributed by atoms with Crippen molar-refractivity contribution in [3.8, 4) is 11.3 Å². The summed E-state index contributed by atoms with van der Waals surface area (Å²) in [7, 11) is 1.72. The second kappa shape index (κ2) is 8.88. The highest BCUT2D eigenvalue weighted by molar-refractivity contribution is 7.08. The summed E-state index contributed by atoms with van der Waals surface area (Å²) in [4.78, 5) is 25.7. The molecule has 3 aromatic rings. The van der Waals surface area contributed by atoms with E-state index in [-0.39, 0.29) is 18.2 Å². The van der Waals surface area contributed by atoms with Crippen molar-refractivity contribution in [1.29, 1.82) is 0 Å². The maximum atomic E-state index is 12.3. The van der Waals surface area contributed by atoms with Crippen molar-refractivity contribution in [2.24, 2.45) is 0 Å². The molecule has 3 rings (SSSR count). The van der Waals surface area contributed by atoms with Gasteiger partial charge in [-0.05, 0) is 47.8 Å². The molecular weight excluding hydrogens is 384 g/mol. The maximum Gasteiger partial charge on any atom is 0.252 e. The zero-order valence-electron chi connectivity index (χ0n) is 14.8. The van der Waals surface area contributed by atoms with Crippen LogP contribution in [0.4, 0.5) is 0 Å². The number of amides is 2. The van der Waals surface area contributed by atoms with Crippen LogP contribution in [0.25, 0.3) is 11.3 Å². The summed E-state index contributed by atoms with van der Waals surface area (Å²) in [5.41, 5.74) is 1.54. The fraction of sp³-hybridized carbons (Fsp3) is 0.200. The van der Waals surface area contributed by atoms with Gasteiger partial charge >= 0.3 is 0 Å². The van der Waals surface area contributed by atoms with Crippen LogP contribution in [0.15, 0.2) is 57.6 Å². The smallest absolute Gasteiger partial charge is 0.252 e. The van der Waals surface area contributed by atoms with Crippen LogP contribution in [0, 0.1) is 0 Å². The number of furan rings is 1. The van der Waals surface area contributed by atoms with E-state index in [4.69, 9.17) is 16.0 Å². The number of nitrogens with one attached hydrogen (secondary N) is 1. The van der Waals surface area contributed by atoms with Gasteiger partial charge in [-0.1, -0.05) is 11.6 Å². The minimum atomic E-state index is -0.162. The molecule has 27 heavy (non-hydrogen) atoms. The molecule has 1 aromatic carbocycles. The molecule has 0 fully saturated rings. The number of benzene rings is 1. The Morgan fingerprint density at radius 3 is 2.63 bits per heavy atom. The quantitative estimate of drug-likeness (QED) is 0.635. The standard InChI is InChI=1S/C20H19ClN2O3S/c1-23(19(24)8-10-22-20(25)15-9-11-27-13-15)12-17-6-7-18(26-17)14-2-4-16(21)5-3-14/h2-7,9,11,13H,8,10,12H2,1H3,(H,22,25). The van der Waals surface area contributed by atoms with Gasteiger partial charge in [-0.25, -0.2) is 0 Å². The SMILES string of the molecule is CN(Cc1ccc(-c2ccc(Cl)cc2)o1)C(=O)CCNC(=O)c1ccsc1. The highest BCUT2D eigenvalue weighted by Crippen LogP contribution is 2.24. The molecule has 1 N–H and O–H groups in total. The fourth-order valence-corrected chi connectivity index (χ4v) is 3.29. The van der Waals surface area contributed by atoms with Gasteiger partial charge in [0, 0.05) is 41.5 Å². The van der Waals surface area contributed by atoms with Crippen molar-refractivity contribution in [2.45, 2.75) is 13.0 Å². The Labute approximate surface area is 166 Å². The summed E-state index contributed by atoms with van der Waals surface area (Å²) in [5.74, 6) is 1.19. The second-order valence-corrected chi connectivity index (χ2v) is 7.26. The zero-order chi connectivity index (χ0) is 19.2. The summed E-state index contributed by atoms with van der Waals surface area (Å²) < 4.78 is 5.82. The Hall–Kier alpha value is -2.57. The van der Waals surface area contributed by atoms with Crippen LogP contribution in [0.3, 0.4) is 0 Å². The van der Waals surface area contributed by atoms with Gasteiger partial charge in [0.05, 0.1) is 6.54 Å². The average molecular weight is 403 g/mol. The first-order valence-electron chi connectivity index (χ1n) is 8.42. The average Bonchev–Trinajstić information content (AvgIpc) is 3.34. The van der Waals surface area contributed by atoms with Crippen molar-refractivity contribution in [3.63, 3.8) is 0 Å². The number of hydrogen-bond acceptors (Lipinski definition) is 4. The fourth-order valence-electron chi connectivity index (χ4n) is 2.52. The number of thiophene rings is 1. The molecule has 0 radical (unpaired) electrons. The van der Waals surface area contributed by atoms with Gasteiger partial charge in [0.25, 0.3) is 5.91 Å². The van der Waals surface area contributed by atoms with Gasteiger partial charge in [0.1, 0.15) is 11.5 Å². The van der Waals surface area contributed by atoms with E-state index >= 15 is 0 Å². The van der Waals surface area contributed by atoms with Crippen LogP contribution in [-0.4, -0.2) is 30.3 Å². The number of carbonyl (C=O) groups excluding carboxylic acids is 2. The zero-order valence-corrected chi connectivity index (χ0v) is 16.3. The monoisotopic (exact) mass is 402 g/mol. The number of halogens is 1. The van der Waals surface area contributed by atoms with E-state index in [9.17, 15) is 9.59 Å². The van der Waals surface area contributed by atoms with Crippen molar-refractivity contribution >= 4 is 34.8 Å². The van der Waals surface area contributed by atoms with Gasteiger partial charge in [-0.15, -0.1) is 0 Å². The Bertz CT molecular complexity index is 904. The van der Waals surface area contributed by atoms with Gasteiger partial charge < -0.3 is 14.6 Å². The third-order valence-electron chi connectivity index (χ3n) is 4.02. The number of nitrogens with zero attached hydrogens (tertiary/aromatic N) is 1. The van der Waals surface area contributed by atoms with Crippen LogP contribution in [0.5, 0.6) is 0 Å². The molecule has 2 aromatic heterocycles. The van der Waals surface area contributed by atoms with Crippen LogP contribution >= 0.6 is 22.9 Å². The minimum Gasteiger partial charge on any atom is -0.459 e. The van der Waals surface area contributed by atoms with E-state index in [0.717, 1.165) is 11.3 Å². The maximum absolute atomic E-state index is 12.3. The molecule has 0 aliphatic rings. The van der Waals surface area contributed by atoms with E-state index in [1.807, 2.05) is 29.6 Å². The van der Waals surface area contributed by atoms with Crippen LogP contribution in [0.2, 0.25) is 5.02 Å². The summed E-state index contributed by atoms with van der Waals surface area (Å²) >= 11 is 7.36. The van der Waals surface area contributed by atoms with Crippen LogP contribution < -0.4 is 5.32 Å². The van der Waals surface area contributed by atoms with Crippen molar-refractivity contribution in [1.82, 2.24) is 10.2 Å². The largest absolute Gasteiger partial charge is 0.459 e. The van der Waals surface area contributed by atoms with Gasteiger partial charge in [0.2, 0.25) is 5.91 Å². The third-order valence-corrected chi connectivity index (χ3v) is 4.95. The lowest BCUT2D eigenvalue weighted by atomic mass is 10.2. The third kappa shape index (κ3) is 5.21. The Morgan fingerprint density at radius 1 is 1.15 bits per heavy atom. The van der Waals surface area contributed by atoms with E-state index in [2.05, 4.69) is 5.32 Å². The highest BCUT2D eigenvalue weighted by atomic mass is 35.5. The predicted octanol–water partition coefficient (Wildman–Crippen LogP) is 4.44. The molecule has 2 amide bonds. The first-order chi connectivity index (χ1) is 13.0. The molecule has 7 heteroatoms. The van der Waals surface area contributed by atoms with E-state index in [1.54, 1.807) is 35.5 Å². The molecule has 0 saturated heterocycles. The first-order valence-corrected chi connectivity index (χ1v) is 9.74. The second-order valence-electron chi connectivity index (χ2n) is 6.04. The van der Waals surface area contributed by atoms with E-state index < -0.39 is 0 Å². The molecule has 0 aliphatic carbocycles. The summed E-state index contributed by atoms with van der Waals surface area (Å²) in [6.07, 6.45) is 0.233. The first kappa shape index (κ1) is 19.2. The normalized spacial score (nSPS) is 10.6. The predicted molar refractivity (Wildman–Crippen MR) is 107 cm³/mol. The molecule has 0 aliphatic heterocycles. The molecule has 0 unspecified atom stereocenters. The highest BCUT2D eigenvalue weighted by Gasteiger charge is 2.13. The van der Waals surface area contributed by atoms with Crippen LogP contribution in [-0.2, 0) is 11.3 Å². The van der Waals surface area contributed by atoms with E-state index in [1.165, 1.54) is 11.3 Å². The topological polar surface area (TPSA) is 62.6 Å². The van der Waals surface area contributed by atoms with Crippen molar-refractivity contribution in [2.75, 3.05) is 13.6 Å². The van der Waals surface area contributed by atoms with Crippen molar-refractivity contribution < 1.29 is 14.0 Å². The molecular formula is C20H19ClN2O3S. The molecule has 0 atom stereocenters. The molecule has 140 valence electrons. The van der Waals surface area contributed by atoms with Gasteiger partial charge in [-0.3, -0.25) is 9.59 Å². The summed E-state index contributed by atoms with van der Waals surface area (Å²) in [5, 5.41) is 7.04. The molecule has 0 saturated carbocycles. The van der Waals surface area contributed by atoms with Crippen LogP contribution in [0.1, 0.15) is 22.5 Å². The Kier molecular flexibility index (Phi) is 6.32. The lowest BCUT2D eigenvalue weighted by Crippen LogP contribution is -2.31. The number of hydrogen-bond donors (Lipinski definition) is 1. The lowest BCUT2D eigenvalue weighted by molar-refractivity contribution is -0.130. The van der Waals surface area contributed by atoms with Gasteiger partial charge in [-0.2, -0.15) is 11.3 Å². The molecule has 2 heterocycles. The van der Waals surface area contributed by atoms with Crippen molar-refractivity contribution in [3.05, 3.63) is 69.6 Å². The molecule has 0 spiro atoms. The summed E-state index contributed by atoms with van der Waals surface area (Å²) in [6.45, 7) is 0.664. The summed E-state index contributed by atoms with van der Waals surface area (Å²) in [6, 6.07) is 12.9. The van der Waals surface area contributed by atoms with Gasteiger partial charge in [0.15, 0.2) is 0 Å². The number of carbonyl (C=O) groups is 2. The lowest BCUT2D eigenvalue weighted by Gasteiger charge is -2.15. The molecule has 5 nitrogen and oxygen atoms in total. The Morgan fingerprint density at radius 2 is 1.93 bits per heavy atom. The van der Waals surface area contributed by atoms with E-state index in [0.29, 0.717) is 29.4 Å². The Balaban J connectivity index is 1.48. The number of rotatable bonds is 7.